The molecule has 3 rings (SSSR count). The first-order chi connectivity index (χ1) is 9.35. The van der Waals surface area contributed by atoms with E-state index in [4.69, 9.17) is 0 Å². The first-order valence-electron chi connectivity index (χ1n) is 6.70. The predicted octanol–water partition coefficient (Wildman–Crippen LogP) is 2.88. The van der Waals surface area contributed by atoms with Gasteiger partial charge in [0.05, 0.1) is 6.61 Å². The number of rotatable bonds is 5. The van der Waals surface area contributed by atoms with Gasteiger partial charge in [-0.15, -0.1) is 6.58 Å². The van der Waals surface area contributed by atoms with E-state index >= 15 is 0 Å². The van der Waals surface area contributed by atoms with Crippen molar-refractivity contribution in [3.8, 4) is 0 Å². The van der Waals surface area contributed by atoms with Crippen LogP contribution in [0, 0.1) is 0 Å². The number of aliphatic hydroxyl groups is 1. The fourth-order valence-corrected chi connectivity index (χ4v) is 2.52. The van der Waals surface area contributed by atoms with Gasteiger partial charge >= 0.3 is 0 Å². The maximum atomic E-state index is 9.42. The minimum atomic E-state index is 0.0265. The third kappa shape index (κ3) is 2.22. The van der Waals surface area contributed by atoms with E-state index in [0.717, 1.165) is 28.7 Å². The monoisotopic (exact) mass is 254 g/mol. The Morgan fingerprint density at radius 3 is 2.68 bits per heavy atom. The lowest BCUT2D eigenvalue weighted by Crippen LogP contribution is -2.26. The lowest BCUT2D eigenvalue weighted by Gasteiger charge is -2.24. The van der Waals surface area contributed by atoms with Crippen LogP contribution in [0.2, 0.25) is 0 Å². The van der Waals surface area contributed by atoms with Gasteiger partial charge in [0.1, 0.15) is 5.82 Å². The molecule has 0 saturated heterocycles. The normalized spacial score (nSPS) is 14.6. The number of benzene rings is 1. The van der Waals surface area contributed by atoms with Crippen molar-refractivity contribution >= 4 is 16.6 Å². The van der Waals surface area contributed by atoms with E-state index in [2.05, 4.69) is 22.5 Å². The molecule has 3 heteroatoms. The predicted molar refractivity (Wildman–Crippen MR) is 78.2 cm³/mol. The van der Waals surface area contributed by atoms with Crippen molar-refractivity contribution in [2.75, 3.05) is 11.4 Å². The van der Waals surface area contributed by atoms with E-state index in [9.17, 15) is 5.11 Å². The lowest BCUT2D eigenvalue weighted by molar-refractivity contribution is 0.283. The van der Waals surface area contributed by atoms with Crippen molar-refractivity contribution in [1.82, 2.24) is 4.98 Å². The minimum absolute atomic E-state index is 0.0265. The minimum Gasteiger partial charge on any atom is -0.392 e. The molecule has 2 aromatic rings. The van der Waals surface area contributed by atoms with Crippen LogP contribution in [0.4, 0.5) is 5.82 Å². The molecule has 1 heterocycles. The topological polar surface area (TPSA) is 36.4 Å². The number of hydrogen-bond acceptors (Lipinski definition) is 3. The molecule has 0 aliphatic heterocycles. The van der Waals surface area contributed by atoms with Gasteiger partial charge in [0, 0.05) is 29.7 Å². The number of nitrogens with zero attached hydrogens (tertiary/aromatic N) is 2. The van der Waals surface area contributed by atoms with Gasteiger partial charge in [-0.1, -0.05) is 30.3 Å². The molecule has 0 atom stereocenters. The zero-order chi connectivity index (χ0) is 13.2. The van der Waals surface area contributed by atoms with Crippen molar-refractivity contribution < 1.29 is 5.11 Å². The second-order valence-electron chi connectivity index (χ2n) is 4.98. The first-order valence-corrected chi connectivity index (χ1v) is 6.70. The molecule has 1 fully saturated rings. The van der Waals surface area contributed by atoms with E-state index in [1.54, 1.807) is 6.20 Å². The van der Waals surface area contributed by atoms with Crippen LogP contribution in [0.3, 0.4) is 0 Å². The van der Waals surface area contributed by atoms with Crippen LogP contribution in [0.25, 0.3) is 10.8 Å². The van der Waals surface area contributed by atoms with Gasteiger partial charge in [0.2, 0.25) is 0 Å². The first kappa shape index (κ1) is 12.2. The summed E-state index contributed by atoms with van der Waals surface area (Å²) >= 11 is 0. The number of hydrogen-bond donors (Lipinski definition) is 1. The van der Waals surface area contributed by atoms with Crippen LogP contribution in [0.15, 0.2) is 43.1 Å². The third-order valence-corrected chi connectivity index (χ3v) is 3.61. The summed E-state index contributed by atoms with van der Waals surface area (Å²) in [6.07, 6.45) is 6.17. The van der Waals surface area contributed by atoms with Crippen LogP contribution in [-0.2, 0) is 6.61 Å². The summed E-state index contributed by atoms with van der Waals surface area (Å²) < 4.78 is 0. The Kier molecular flexibility index (Phi) is 3.22. The molecule has 98 valence electrons. The van der Waals surface area contributed by atoms with Gasteiger partial charge in [-0.05, 0) is 18.2 Å². The molecule has 0 radical (unpaired) electrons. The van der Waals surface area contributed by atoms with Crippen molar-refractivity contribution in [3.05, 3.63) is 48.7 Å². The largest absolute Gasteiger partial charge is 0.392 e. The zero-order valence-corrected chi connectivity index (χ0v) is 10.9. The van der Waals surface area contributed by atoms with E-state index in [1.165, 1.54) is 12.8 Å². The van der Waals surface area contributed by atoms with Crippen molar-refractivity contribution in [3.63, 3.8) is 0 Å². The molecule has 1 aliphatic rings. The van der Waals surface area contributed by atoms with Crippen LogP contribution in [0.1, 0.15) is 18.4 Å². The molecule has 0 spiro atoms. The van der Waals surface area contributed by atoms with Gasteiger partial charge in [-0.3, -0.25) is 0 Å². The van der Waals surface area contributed by atoms with Gasteiger partial charge < -0.3 is 10.0 Å². The molecule has 1 aliphatic carbocycles. The average Bonchev–Trinajstić information content (AvgIpc) is 3.28. The SMILES string of the molecule is C=CCN(c1ncc(CO)c2ccccc12)C1CC1. The summed E-state index contributed by atoms with van der Waals surface area (Å²) in [5, 5.41) is 11.6. The standard InChI is InChI=1S/C16H18N2O/c1-2-9-18(13-7-8-13)16-15-6-4-3-5-14(15)12(11-19)10-17-16/h2-6,10,13,19H,1,7-9,11H2. The Morgan fingerprint density at radius 2 is 2.05 bits per heavy atom. The molecule has 0 unspecified atom stereocenters. The fraction of sp³-hybridized carbons (Fsp3) is 0.312. The molecule has 1 saturated carbocycles. The van der Waals surface area contributed by atoms with E-state index < -0.39 is 0 Å². The summed E-state index contributed by atoms with van der Waals surface area (Å²) in [5.74, 6) is 1.01. The molecule has 0 bridgehead atoms. The Bertz CT molecular complexity index is 605. The van der Waals surface area contributed by atoms with E-state index in [0.29, 0.717) is 6.04 Å². The summed E-state index contributed by atoms with van der Waals surface area (Å²) in [6, 6.07) is 8.74. The Balaban J connectivity index is 2.15. The fourth-order valence-electron chi connectivity index (χ4n) is 2.52. The Hall–Kier alpha value is -1.87. The van der Waals surface area contributed by atoms with Gasteiger partial charge in [-0.2, -0.15) is 0 Å². The van der Waals surface area contributed by atoms with Crippen molar-refractivity contribution in [2.24, 2.45) is 0 Å². The van der Waals surface area contributed by atoms with Gasteiger partial charge in [0.15, 0.2) is 0 Å². The Morgan fingerprint density at radius 1 is 1.32 bits per heavy atom. The highest BCUT2D eigenvalue weighted by Gasteiger charge is 2.30. The van der Waals surface area contributed by atoms with Crippen molar-refractivity contribution in [2.45, 2.75) is 25.5 Å². The number of pyridine rings is 1. The number of anilines is 1. The van der Waals surface area contributed by atoms with Crippen LogP contribution >= 0.6 is 0 Å². The maximum absolute atomic E-state index is 9.42. The second kappa shape index (κ2) is 5.02. The third-order valence-electron chi connectivity index (χ3n) is 3.61. The summed E-state index contributed by atoms with van der Waals surface area (Å²) in [7, 11) is 0. The van der Waals surface area contributed by atoms with Crippen LogP contribution in [0.5, 0.6) is 0 Å². The lowest BCUT2D eigenvalue weighted by atomic mass is 10.1. The summed E-state index contributed by atoms with van der Waals surface area (Å²) in [5.41, 5.74) is 0.883. The molecule has 0 amide bonds. The van der Waals surface area contributed by atoms with Gasteiger partial charge in [0.25, 0.3) is 0 Å². The number of fused-ring (bicyclic) bond motifs is 1. The van der Waals surface area contributed by atoms with Crippen LogP contribution < -0.4 is 4.90 Å². The zero-order valence-electron chi connectivity index (χ0n) is 10.9. The highest BCUT2D eigenvalue weighted by molar-refractivity contribution is 5.94. The highest BCUT2D eigenvalue weighted by atomic mass is 16.3. The molecular weight excluding hydrogens is 236 g/mol. The second-order valence-corrected chi connectivity index (χ2v) is 4.98. The molecular formula is C16H18N2O. The highest BCUT2D eigenvalue weighted by Crippen LogP contribution is 2.35. The summed E-state index contributed by atoms with van der Waals surface area (Å²) in [6.45, 7) is 4.69. The molecule has 3 nitrogen and oxygen atoms in total. The number of aliphatic hydroxyl groups excluding tert-OH is 1. The maximum Gasteiger partial charge on any atom is 0.136 e. The smallest absolute Gasteiger partial charge is 0.136 e. The quantitative estimate of drug-likeness (QED) is 0.833. The number of aromatic nitrogens is 1. The molecule has 1 N–H and O–H groups in total. The van der Waals surface area contributed by atoms with Crippen LogP contribution in [-0.4, -0.2) is 22.7 Å². The van der Waals surface area contributed by atoms with Gasteiger partial charge in [-0.25, -0.2) is 4.98 Å². The molecule has 19 heavy (non-hydrogen) atoms. The van der Waals surface area contributed by atoms with Crippen molar-refractivity contribution in [1.29, 1.82) is 0 Å². The Labute approximate surface area is 113 Å². The summed E-state index contributed by atoms with van der Waals surface area (Å²) in [4.78, 5) is 6.89. The molecule has 1 aromatic heterocycles. The molecule has 1 aromatic carbocycles. The van der Waals surface area contributed by atoms with E-state index in [1.807, 2.05) is 24.3 Å². The average molecular weight is 254 g/mol. The van der Waals surface area contributed by atoms with E-state index in [-0.39, 0.29) is 6.61 Å².